The number of hydrogen-bond donors (Lipinski definition) is 1. The quantitative estimate of drug-likeness (QED) is 0.710. The summed E-state index contributed by atoms with van der Waals surface area (Å²) in [5, 5.41) is 9.19. The zero-order valence-corrected chi connectivity index (χ0v) is 19.8. The molecule has 6 nitrogen and oxygen atoms in total. The number of carbonyl (C=O) groups is 1. The zero-order valence-electron chi connectivity index (χ0n) is 19.8. The predicted octanol–water partition coefficient (Wildman–Crippen LogP) is 4.00. The summed E-state index contributed by atoms with van der Waals surface area (Å²) in [4.78, 5) is 17.5. The van der Waals surface area contributed by atoms with Crippen molar-refractivity contribution in [1.29, 1.82) is 0 Å². The molecule has 0 spiro atoms. The van der Waals surface area contributed by atoms with Gasteiger partial charge in [0, 0.05) is 24.5 Å². The number of rotatable bonds is 6. The number of aliphatic hydroxyl groups excluding tert-OH is 1. The van der Waals surface area contributed by atoms with Crippen LogP contribution < -0.4 is 9.47 Å². The molecule has 176 valence electrons. The number of carbonyl (C=O) groups excluding carboxylic acids is 1. The number of methoxy groups -OCH3 is 2. The minimum absolute atomic E-state index is 0.0304. The highest BCUT2D eigenvalue weighted by molar-refractivity contribution is 5.98. The standard InChI is InChI=1S/C27H34N2O4/c1-19-4-7-23-8-5-22(20-10-12-28(13-11-20)14-15-30)18-29(23)27(31)17-24(19)21-6-9-25(32-2)26(16-21)33-3/h5-9,16-20,30H,4,10-15H2,1-3H3. The first kappa shape index (κ1) is 23.3. The van der Waals surface area contributed by atoms with E-state index in [4.69, 9.17) is 9.47 Å². The molecule has 33 heavy (non-hydrogen) atoms. The molecule has 6 heteroatoms. The topological polar surface area (TPSA) is 62.2 Å². The van der Waals surface area contributed by atoms with E-state index in [-0.39, 0.29) is 18.4 Å². The Kier molecular flexibility index (Phi) is 7.36. The minimum Gasteiger partial charge on any atom is -0.493 e. The lowest BCUT2D eigenvalue weighted by molar-refractivity contribution is -0.122. The van der Waals surface area contributed by atoms with Crippen molar-refractivity contribution in [3.05, 3.63) is 65.5 Å². The summed E-state index contributed by atoms with van der Waals surface area (Å²) >= 11 is 0. The number of aliphatic hydroxyl groups is 1. The van der Waals surface area contributed by atoms with Gasteiger partial charge in [-0.3, -0.25) is 9.69 Å². The summed E-state index contributed by atoms with van der Waals surface area (Å²) in [5.41, 5.74) is 4.12. The molecule has 1 unspecified atom stereocenters. The lowest BCUT2D eigenvalue weighted by Crippen LogP contribution is -2.36. The molecule has 0 aromatic heterocycles. The third-order valence-electron chi connectivity index (χ3n) is 6.92. The third-order valence-corrected chi connectivity index (χ3v) is 6.92. The van der Waals surface area contributed by atoms with Gasteiger partial charge in [0.05, 0.1) is 20.8 Å². The molecule has 1 N–H and O–H groups in total. The molecule has 3 aliphatic rings. The van der Waals surface area contributed by atoms with E-state index >= 15 is 0 Å². The van der Waals surface area contributed by atoms with Crippen LogP contribution in [0.5, 0.6) is 11.5 Å². The summed E-state index contributed by atoms with van der Waals surface area (Å²) in [6.07, 6.45) is 13.1. The second-order valence-electron chi connectivity index (χ2n) is 8.95. The van der Waals surface area contributed by atoms with Crippen LogP contribution in [0.1, 0.15) is 31.7 Å². The van der Waals surface area contributed by atoms with Gasteiger partial charge in [-0.1, -0.05) is 25.1 Å². The average Bonchev–Trinajstić information content (AvgIpc) is 2.85. The van der Waals surface area contributed by atoms with E-state index in [2.05, 4.69) is 30.1 Å². The van der Waals surface area contributed by atoms with Crippen molar-refractivity contribution in [3.63, 3.8) is 0 Å². The Hall–Kier alpha value is -2.83. The molecule has 0 saturated carbocycles. The van der Waals surface area contributed by atoms with E-state index in [9.17, 15) is 9.90 Å². The van der Waals surface area contributed by atoms with Crippen molar-refractivity contribution in [2.45, 2.75) is 26.2 Å². The number of fused-ring (bicyclic) bond motifs is 1. The Morgan fingerprint density at radius 1 is 1.09 bits per heavy atom. The number of likely N-dealkylation sites (tertiary alicyclic amines) is 1. The number of allylic oxidation sites excluding steroid dienone is 5. The number of β-amino-alcohol motifs (C(OH)–C–C–N with tert-alkyl or cyclic N) is 1. The van der Waals surface area contributed by atoms with E-state index in [0.29, 0.717) is 17.4 Å². The highest BCUT2D eigenvalue weighted by Gasteiger charge is 2.27. The van der Waals surface area contributed by atoms with Crippen LogP contribution in [0.4, 0.5) is 0 Å². The second kappa shape index (κ2) is 10.4. The Morgan fingerprint density at radius 3 is 2.55 bits per heavy atom. The van der Waals surface area contributed by atoms with Crippen molar-refractivity contribution < 1.29 is 19.4 Å². The summed E-state index contributed by atoms with van der Waals surface area (Å²) < 4.78 is 10.9. The Morgan fingerprint density at radius 2 is 1.85 bits per heavy atom. The fraction of sp³-hybridized carbons (Fsp3) is 0.444. The van der Waals surface area contributed by atoms with E-state index < -0.39 is 0 Å². The van der Waals surface area contributed by atoms with Gasteiger partial charge in [-0.2, -0.15) is 0 Å². The van der Waals surface area contributed by atoms with E-state index in [1.807, 2.05) is 24.4 Å². The highest BCUT2D eigenvalue weighted by atomic mass is 16.5. The van der Waals surface area contributed by atoms with Gasteiger partial charge in [-0.05, 0) is 79.1 Å². The average molecular weight is 451 g/mol. The van der Waals surface area contributed by atoms with E-state index in [1.165, 1.54) is 5.57 Å². The van der Waals surface area contributed by atoms with E-state index in [0.717, 1.165) is 55.7 Å². The minimum atomic E-state index is -0.0304. The lowest BCUT2D eigenvalue weighted by atomic mass is 9.86. The van der Waals surface area contributed by atoms with Gasteiger partial charge in [0.15, 0.2) is 11.5 Å². The van der Waals surface area contributed by atoms with E-state index in [1.54, 1.807) is 25.2 Å². The summed E-state index contributed by atoms with van der Waals surface area (Å²) in [5.74, 6) is 1.93. The monoisotopic (exact) mass is 450 g/mol. The largest absolute Gasteiger partial charge is 0.493 e. The predicted molar refractivity (Wildman–Crippen MR) is 130 cm³/mol. The Bertz CT molecular complexity index is 999. The molecule has 1 amide bonds. The van der Waals surface area contributed by atoms with Crippen LogP contribution in [-0.2, 0) is 4.79 Å². The molecule has 1 aromatic rings. The molecule has 1 saturated heterocycles. The maximum atomic E-state index is 13.4. The lowest BCUT2D eigenvalue weighted by Gasteiger charge is -2.34. The summed E-state index contributed by atoms with van der Waals surface area (Å²) in [6, 6.07) is 5.82. The molecule has 0 bridgehead atoms. The Balaban J connectivity index is 1.58. The third kappa shape index (κ3) is 5.07. The van der Waals surface area contributed by atoms with Crippen LogP contribution in [0, 0.1) is 11.8 Å². The van der Waals surface area contributed by atoms with Gasteiger partial charge in [0.25, 0.3) is 5.91 Å². The molecule has 3 aliphatic heterocycles. The van der Waals surface area contributed by atoms with Gasteiger partial charge >= 0.3 is 0 Å². The Labute approximate surface area is 196 Å². The molecule has 0 aliphatic carbocycles. The fourth-order valence-electron chi connectivity index (χ4n) is 4.91. The van der Waals surface area contributed by atoms with Crippen molar-refractivity contribution >= 4 is 11.5 Å². The number of amides is 1. The zero-order chi connectivity index (χ0) is 23.4. The number of piperidine rings is 1. The van der Waals surface area contributed by atoms with Gasteiger partial charge in [-0.15, -0.1) is 0 Å². The van der Waals surface area contributed by atoms with Gasteiger partial charge < -0.3 is 19.5 Å². The molecule has 1 fully saturated rings. The molecule has 4 rings (SSSR count). The SMILES string of the molecule is COc1ccc(C2=CC(=O)N3C=C(C4CCN(CCO)CC4)C=CC3=CCC2C)cc1OC. The first-order valence-electron chi connectivity index (χ1n) is 11.7. The first-order valence-corrected chi connectivity index (χ1v) is 11.7. The second-order valence-corrected chi connectivity index (χ2v) is 8.95. The van der Waals surface area contributed by atoms with Crippen molar-refractivity contribution in [2.75, 3.05) is 40.5 Å². The first-order chi connectivity index (χ1) is 16.0. The number of ether oxygens (including phenoxy) is 2. The van der Waals surface area contributed by atoms with Crippen LogP contribution in [-0.4, -0.2) is 61.3 Å². The number of nitrogens with zero attached hydrogens (tertiary/aromatic N) is 2. The molecule has 1 atom stereocenters. The molecule has 3 heterocycles. The summed E-state index contributed by atoms with van der Waals surface area (Å²) in [7, 11) is 3.24. The molecule has 0 radical (unpaired) electrons. The number of benzene rings is 1. The van der Waals surface area contributed by atoms with Gasteiger partial charge in [-0.25, -0.2) is 0 Å². The molecular formula is C27H34N2O4. The maximum absolute atomic E-state index is 13.4. The number of hydrogen-bond acceptors (Lipinski definition) is 5. The van der Waals surface area contributed by atoms with Crippen molar-refractivity contribution in [3.8, 4) is 11.5 Å². The van der Waals surface area contributed by atoms with Crippen molar-refractivity contribution in [1.82, 2.24) is 9.80 Å². The molecule has 1 aromatic carbocycles. The van der Waals surface area contributed by atoms with Gasteiger partial charge in [0.2, 0.25) is 0 Å². The molecular weight excluding hydrogens is 416 g/mol. The maximum Gasteiger partial charge on any atom is 0.255 e. The van der Waals surface area contributed by atoms with Gasteiger partial charge in [0.1, 0.15) is 0 Å². The highest BCUT2D eigenvalue weighted by Crippen LogP contribution is 2.36. The fourth-order valence-corrected chi connectivity index (χ4v) is 4.91. The van der Waals surface area contributed by atoms with Crippen molar-refractivity contribution in [2.24, 2.45) is 11.8 Å². The van der Waals surface area contributed by atoms with Crippen LogP contribution in [0.25, 0.3) is 5.57 Å². The van der Waals surface area contributed by atoms with Crippen LogP contribution in [0.3, 0.4) is 0 Å². The normalized spacial score (nSPS) is 22.1. The smallest absolute Gasteiger partial charge is 0.255 e. The van der Waals surface area contributed by atoms with Crippen LogP contribution in [0.2, 0.25) is 0 Å². The van der Waals surface area contributed by atoms with Crippen LogP contribution in [0.15, 0.2) is 60.0 Å². The van der Waals surface area contributed by atoms with Crippen LogP contribution >= 0.6 is 0 Å². The summed E-state index contributed by atoms with van der Waals surface area (Å²) in [6.45, 7) is 5.05.